The number of hydrogen-bond acceptors (Lipinski definition) is 3. The fourth-order valence-electron chi connectivity index (χ4n) is 1.95. The molecule has 0 radical (unpaired) electrons. The Labute approximate surface area is 95.8 Å². The van der Waals surface area contributed by atoms with Crippen LogP contribution in [0.15, 0.2) is 18.2 Å². The maximum Gasteiger partial charge on any atom is 0.165 e. The quantitative estimate of drug-likeness (QED) is 0.844. The number of nitrogens with one attached hydrogen (secondary N) is 1. The van der Waals surface area contributed by atoms with Gasteiger partial charge in [0.15, 0.2) is 11.5 Å². The minimum atomic E-state index is 0.359. The van der Waals surface area contributed by atoms with E-state index in [-0.39, 0.29) is 0 Å². The standard InChI is InChI=1S/C13H17NO2/c1-13(5-6-13)14-9-10-3-2-4-11-12(10)16-8-7-15-11/h2-4,14H,5-9H2,1H3. The molecule has 1 aliphatic carbocycles. The van der Waals surface area contributed by atoms with E-state index >= 15 is 0 Å². The van der Waals surface area contributed by atoms with Crippen molar-refractivity contribution >= 4 is 0 Å². The van der Waals surface area contributed by atoms with Gasteiger partial charge in [0.2, 0.25) is 0 Å². The number of ether oxygens (including phenoxy) is 2. The molecule has 3 heteroatoms. The van der Waals surface area contributed by atoms with Gasteiger partial charge in [-0.2, -0.15) is 0 Å². The van der Waals surface area contributed by atoms with Crippen LogP contribution in [0.3, 0.4) is 0 Å². The second kappa shape index (κ2) is 3.67. The molecular weight excluding hydrogens is 202 g/mol. The van der Waals surface area contributed by atoms with Crippen LogP contribution < -0.4 is 14.8 Å². The number of hydrogen-bond donors (Lipinski definition) is 1. The largest absolute Gasteiger partial charge is 0.486 e. The molecule has 16 heavy (non-hydrogen) atoms. The van der Waals surface area contributed by atoms with Gasteiger partial charge in [-0.15, -0.1) is 0 Å². The first kappa shape index (κ1) is 9.97. The van der Waals surface area contributed by atoms with Crippen LogP contribution in [-0.4, -0.2) is 18.8 Å². The molecule has 1 aromatic rings. The lowest BCUT2D eigenvalue weighted by molar-refractivity contribution is 0.169. The van der Waals surface area contributed by atoms with Gasteiger partial charge < -0.3 is 14.8 Å². The Morgan fingerprint density at radius 1 is 1.25 bits per heavy atom. The van der Waals surface area contributed by atoms with Gasteiger partial charge in [-0.1, -0.05) is 12.1 Å². The lowest BCUT2D eigenvalue weighted by Gasteiger charge is -2.22. The van der Waals surface area contributed by atoms with Gasteiger partial charge in [0.25, 0.3) is 0 Å². The van der Waals surface area contributed by atoms with Crippen molar-refractivity contribution in [3.63, 3.8) is 0 Å². The van der Waals surface area contributed by atoms with Crippen LogP contribution in [0.25, 0.3) is 0 Å². The van der Waals surface area contributed by atoms with Gasteiger partial charge in [0.1, 0.15) is 13.2 Å². The van der Waals surface area contributed by atoms with Crippen LogP contribution in [0.2, 0.25) is 0 Å². The first-order valence-electron chi connectivity index (χ1n) is 5.89. The molecule has 0 bridgehead atoms. The summed E-state index contributed by atoms with van der Waals surface area (Å²) >= 11 is 0. The molecule has 1 aromatic carbocycles. The molecule has 0 spiro atoms. The lowest BCUT2D eigenvalue weighted by Crippen LogP contribution is -2.27. The molecule has 1 saturated carbocycles. The van der Waals surface area contributed by atoms with Crippen molar-refractivity contribution in [2.45, 2.75) is 31.8 Å². The fraction of sp³-hybridized carbons (Fsp3) is 0.538. The van der Waals surface area contributed by atoms with E-state index in [4.69, 9.17) is 9.47 Å². The van der Waals surface area contributed by atoms with Crippen molar-refractivity contribution in [2.75, 3.05) is 13.2 Å². The monoisotopic (exact) mass is 219 g/mol. The van der Waals surface area contributed by atoms with E-state index < -0.39 is 0 Å². The second-order valence-electron chi connectivity index (χ2n) is 4.86. The third-order valence-corrected chi connectivity index (χ3v) is 3.35. The van der Waals surface area contributed by atoms with E-state index in [0.717, 1.165) is 18.0 Å². The molecule has 0 saturated heterocycles. The molecular formula is C13H17NO2. The summed E-state index contributed by atoms with van der Waals surface area (Å²) in [6, 6.07) is 6.10. The Balaban J connectivity index is 1.78. The molecule has 86 valence electrons. The molecule has 0 amide bonds. The van der Waals surface area contributed by atoms with Crippen molar-refractivity contribution in [3.8, 4) is 11.5 Å². The fourth-order valence-corrected chi connectivity index (χ4v) is 1.95. The molecule has 0 aromatic heterocycles. The molecule has 3 rings (SSSR count). The average Bonchev–Trinajstić information content (AvgIpc) is 3.05. The van der Waals surface area contributed by atoms with Crippen molar-refractivity contribution in [2.24, 2.45) is 0 Å². The van der Waals surface area contributed by atoms with E-state index in [9.17, 15) is 0 Å². The summed E-state index contributed by atoms with van der Waals surface area (Å²) in [7, 11) is 0. The van der Waals surface area contributed by atoms with Gasteiger partial charge in [-0.3, -0.25) is 0 Å². The Bertz CT molecular complexity index is 399. The molecule has 1 N–H and O–H groups in total. The molecule has 1 heterocycles. The van der Waals surface area contributed by atoms with E-state index in [1.165, 1.54) is 18.4 Å². The third kappa shape index (κ3) is 1.87. The Hall–Kier alpha value is -1.22. The van der Waals surface area contributed by atoms with Crippen molar-refractivity contribution in [3.05, 3.63) is 23.8 Å². The molecule has 1 aliphatic heterocycles. The predicted molar refractivity (Wildman–Crippen MR) is 61.9 cm³/mol. The Morgan fingerprint density at radius 3 is 2.88 bits per heavy atom. The topological polar surface area (TPSA) is 30.5 Å². The smallest absolute Gasteiger partial charge is 0.165 e. The van der Waals surface area contributed by atoms with Crippen LogP contribution in [0.5, 0.6) is 11.5 Å². The molecule has 2 aliphatic rings. The summed E-state index contributed by atoms with van der Waals surface area (Å²) < 4.78 is 11.2. The maximum absolute atomic E-state index is 5.68. The number of fused-ring (bicyclic) bond motifs is 1. The summed E-state index contributed by atoms with van der Waals surface area (Å²) in [5.41, 5.74) is 1.56. The number of para-hydroxylation sites is 1. The summed E-state index contributed by atoms with van der Waals surface area (Å²) in [5, 5.41) is 3.56. The second-order valence-corrected chi connectivity index (χ2v) is 4.86. The van der Waals surface area contributed by atoms with Gasteiger partial charge in [0.05, 0.1) is 0 Å². The number of rotatable bonds is 3. The highest BCUT2D eigenvalue weighted by molar-refractivity contribution is 5.47. The van der Waals surface area contributed by atoms with Crippen molar-refractivity contribution in [1.82, 2.24) is 5.32 Å². The minimum Gasteiger partial charge on any atom is -0.486 e. The van der Waals surface area contributed by atoms with E-state index in [0.29, 0.717) is 18.8 Å². The van der Waals surface area contributed by atoms with Gasteiger partial charge in [-0.25, -0.2) is 0 Å². The normalized spacial score (nSPS) is 20.6. The highest BCUT2D eigenvalue weighted by Gasteiger charge is 2.36. The first-order chi connectivity index (χ1) is 7.77. The summed E-state index contributed by atoms with van der Waals surface area (Å²) in [6.07, 6.45) is 2.55. The Kier molecular flexibility index (Phi) is 2.28. The lowest BCUT2D eigenvalue weighted by atomic mass is 10.1. The van der Waals surface area contributed by atoms with Crippen molar-refractivity contribution in [1.29, 1.82) is 0 Å². The van der Waals surface area contributed by atoms with E-state index in [1.54, 1.807) is 0 Å². The third-order valence-electron chi connectivity index (χ3n) is 3.35. The summed E-state index contributed by atoms with van der Waals surface area (Å²) in [6.45, 7) is 4.44. The SMILES string of the molecule is CC1(NCc2cccc3c2OCCO3)CC1. The van der Waals surface area contributed by atoms with Crippen LogP contribution in [0.4, 0.5) is 0 Å². The summed E-state index contributed by atoms with van der Waals surface area (Å²) in [4.78, 5) is 0. The highest BCUT2D eigenvalue weighted by atomic mass is 16.6. The van der Waals surface area contributed by atoms with Gasteiger partial charge in [0, 0.05) is 17.6 Å². The van der Waals surface area contributed by atoms with Crippen LogP contribution in [0, 0.1) is 0 Å². The van der Waals surface area contributed by atoms with E-state index in [1.807, 2.05) is 12.1 Å². The zero-order chi connectivity index (χ0) is 11.0. The predicted octanol–water partition coefficient (Wildman–Crippen LogP) is 2.10. The zero-order valence-electron chi connectivity index (χ0n) is 9.58. The van der Waals surface area contributed by atoms with Crippen LogP contribution in [0.1, 0.15) is 25.3 Å². The van der Waals surface area contributed by atoms with E-state index in [2.05, 4.69) is 18.3 Å². The van der Waals surface area contributed by atoms with Gasteiger partial charge in [-0.05, 0) is 25.8 Å². The Morgan fingerprint density at radius 2 is 2.06 bits per heavy atom. The average molecular weight is 219 g/mol. The van der Waals surface area contributed by atoms with Crippen molar-refractivity contribution < 1.29 is 9.47 Å². The van der Waals surface area contributed by atoms with Crippen LogP contribution >= 0.6 is 0 Å². The maximum atomic E-state index is 5.68. The molecule has 3 nitrogen and oxygen atoms in total. The molecule has 1 fully saturated rings. The first-order valence-corrected chi connectivity index (χ1v) is 5.89. The van der Waals surface area contributed by atoms with Crippen LogP contribution in [-0.2, 0) is 6.54 Å². The zero-order valence-corrected chi connectivity index (χ0v) is 9.58. The molecule has 0 atom stereocenters. The summed E-state index contributed by atoms with van der Waals surface area (Å²) in [5.74, 6) is 1.80. The molecule has 0 unspecified atom stereocenters. The highest BCUT2D eigenvalue weighted by Crippen LogP contribution is 2.37. The number of benzene rings is 1. The minimum absolute atomic E-state index is 0.359. The van der Waals surface area contributed by atoms with Gasteiger partial charge >= 0.3 is 0 Å².